The van der Waals surface area contributed by atoms with Crippen molar-refractivity contribution in [2.45, 2.75) is 58.9 Å². The van der Waals surface area contributed by atoms with Gasteiger partial charge in [-0.3, -0.25) is 0 Å². The molecule has 19 heavy (non-hydrogen) atoms. The quantitative estimate of drug-likeness (QED) is 0.768. The summed E-state index contributed by atoms with van der Waals surface area (Å²) in [6, 6.07) is 0. The predicted octanol–water partition coefficient (Wildman–Crippen LogP) is 2.73. The number of esters is 1. The van der Waals surface area contributed by atoms with Gasteiger partial charge in [-0.25, -0.2) is 4.79 Å². The SMILES string of the molecule is CCOC(=O)c1nnc(C)n1CCC1CCCCC1. The first kappa shape index (κ1) is 14.0. The molecule has 5 nitrogen and oxygen atoms in total. The van der Waals surface area contributed by atoms with Gasteiger partial charge in [0.05, 0.1) is 6.61 Å². The van der Waals surface area contributed by atoms with Crippen LogP contribution in [0.25, 0.3) is 0 Å². The fraction of sp³-hybridized carbons (Fsp3) is 0.786. The molecule has 1 aromatic rings. The smallest absolute Gasteiger partial charge is 0.376 e. The Kier molecular flexibility index (Phi) is 4.93. The normalized spacial score (nSPS) is 16.5. The molecule has 1 fully saturated rings. The van der Waals surface area contributed by atoms with Gasteiger partial charge in [-0.2, -0.15) is 0 Å². The van der Waals surface area contributed by atoms with Crippen LogP contribution in [0.5, 0.6) is 0 Å². The molecule has 106 valence electrons. The summed E-state index contributed by atoms with van der Waals surface area (Å²) in [5.74, 6) is 1.55. The number of carbonyl (C=O) groups is 1. The third-order valence-electron chi connectivity index (χ3n) is 3.88. The van der Waals surface area contributed by atoms with Crippen LogP contribution in [0, 0.1) is 12.8 Å². The number of hydrogen-bond donors (Lipinski definition) is 0. The zero-order valence-corrected chi connectivity index (χ0v) is 11.9. The topological polar surface area (TPSA) is 57.0 Å². The number of aryl methyl sites for hydroxylation is 1. The molecule has 1 aromatic heterocycles. The van der Waals surface area contributed by atoms with Crippen LogP contribution in [0.1, 0.15) is 61.9 Å². The highest BCUT2D eigenvalue weighted by Crippen LogP contribution is 2.26. The molecule has 2 rings (SSSR count). The Labute approximate surface area is 114 Å². The molecule has 1 saturated carbocycles. The third kappa shape index (κ3) is 3.55. The zero-order chi connectivity index (χ0) is 13.7. The lowest BCUT2D eigenvalue weighted by Gasteiger charge is -2.21. The average molecular weight is 265 g/mol. The molecule has 1 aliphatic rings. The van der Waals surface area contributed by atoms with Crippen molar-refractivity contribution in [1.82, 2.24) is 14.8 Å². The summed E-state index contributed by atoms with van der Waals surface area (Å²) in [6.07, 6.45) is 7.79. The molecular weight excluding hydrogens is 242 g/mol. The van der Waals surface area contributed by atoms with Gasteiger partial charge in [0.15, 0.2) is 0 Å². The van der Waals surface area contributed by atoms with E-state index in [-0.39, 0.29) is 5.97 Å². The molecule has 0 aliphatic heterocycles. The molecule has 0 bridgehead atoms. The largest absolute Gasteiger partial charge is 0.460 e. The van der Waals surface area contributed by atoms with E-state index in [0.29, 0.717) is 12.4 Å². The lowest BCUT2D eigenvalue weighted by atomic mass is 9.87. The molecule has 1 aliphatic carbocycles. The van der Waals surface area contributed by atoms with E-state index in [0.717, 1.165) is 24.7 Å². The Morgan fingerprint density at radius 1 is 1.32 bits per heavy atom. The maximum absolute atomic E-state index is 11.8. The highest BCUT2D eigenvalue weighted by molar-refractivity contribution is 5.85. The Morgan fingerprint density at radius 2 is 2.05 bits per heavy atom. The number of rotatable bonds is 5. The van der Waals surface area contributed by atoms with Crippen LogP contribution in [-0.2, 0) is 11.3 Å². The van der Waals surface area contributed by atoms with E-state index in [4.69, 9.17) is 4.74 Å². The summed E-state index contributed by atoms with van der Waals surface area (Å²) in [4.78, 5) is 11.8. The van der Waals surface area contributed by atoms with Crippen molar-refractivity contribution in [3.8, 4) is 0 Å². The second-order valence-corrected chi connectivity index (χ2v) is 5.24. The number of ether oxygens (including phenoxy) is 1. The van der Waals surface area contributed by atoms with Gasteiger partial charge in [-0.1, -0.05) is 32.1 Å². The molecule has 0 radical (unpaired) electrons. The minimum Gasteiger partial charge on any atom is -0.460 e. The molecule has 5 heteroatoms. The van der Waals surface area contributed by atoms with Gasteiger partial charge in [0.2, 0.25) is 5.82 Å². The van der Waals surface area contributed by atoms with Crippen molar-refractivity contribution in [3.05, 3.63) is 11.6 Å². The predicted molar refractivity (Wildman–Crippen MR) is 71.9 cm³/mol. The number of nitrogens with zero attached hydrogens (tertiary/aromatic N) is 3. The maximum atomic E-state index is 11.8. The lowest BCUT2D eigenvalue weighted by Crippen LogP contribution is -2.17. The molecule has 0 amide bonds. The summed E-state index contributed by atoms with van der Waals surface area (Å²) < 4.78 is 6.91. The summed E-state index contributed by atoms with van der Waals surface area (Å²) in [5, 5.41) is 7.93. The highest BCUT2D eigenvalue weighted by Gasteiger charge is 2.19. The van der Waals surface area contributed by atoms with Crippen LogP contribution in [0.3, 0.4) is 0 Å². The minimum absolute atomic E-state index is 0.343. The van der Waals surface area contributed by atoms with E-state index in [1.54, 1.807) is 6.92 Å². The van der Waals surface area contributed by atoms with Crippen molar-refractivity contribution >= 4 is 5.97 Å². The van der Waals surface area contributed by atoms with E-state index in [1.807, 2.05) is 11.5 Å². The number of hydrogen-bond acceptors (Lipinski definition) is 4. The van der Waals surface area contributed by atoms with Gasteiger partial charge in [0.25, 0.3) is 0 Å². The maximum Gasteiger partial charge on any atom is 0.376 e. The van der Waals surface area contributed by atoms with Crippen LogP contribution in [0.2, 0.25) is 0 Å². The van der Waals surface area contributed by atoms with Gasteiger partial charge in [-0.05, 0) is 26.2 Å². The van der Waals surface area contributed by atoms with Crippen molar-refractivity contribution in [1.29, 1.82) is 0 Å². The second-order valence-electron chi connectivity index (χ2n) is 5.24. The van der Waals surface area contributed by atoms with Gasteiger partial charge in [0, 0.05) is 6.54 Å². The van der Waals surface area contributed by atoms with Crippen LogP contribution in [0.15, 0.2) is 0 Å². The summed E-state index contributed by atoms with van der Waals surface area (Å²) in [6.45, 7) is 4.87. The number of aromatic nitrogens is 3. The number of carbonyl (C=O) groups excluding carboxylic acids is 1. The van der Waals surface area contributed by atoms with Gasteiger partial charge in [-0.15, -0.1) is 10.2 Å². The van der Waals surface area contributed by atoms with Gasteiger partial charge >= 0.3 is 5.97 Å². The first-order valence-electron chi connectivity index (χ1n) is 7.29. The van der Waals surface area contributed by atoms with Crippen molar-refractivity contribution < 1.29 is 9.53 Å². The Balaban J connectivity index is 1.98. The van der Waals surface area contributed by atoms with Crippen LogP contribution >= 0.6 is 0 Å². The van der Waals surface area contributed by atoms with Gasteiger partial charge in [0.1, 0.15) is 5.82 Å². The Morgan fingerprint density at radius 3 is 2.74 bits per heavy atom. The Bertz CT molecular complexity index is 422. The van der Waals surface area contributed by atoms with E-state index >= 15 is 0 Å². The van der Waals surface area contributed by atoms with Crippen LogP contribution < -0.4 is 0 Å². The van der Waals surface area contributed by atoms with E-state index in [2.05, 4.69) is 10.2 Å². The fourth-order valence-corrected chi connectivity index (χ4v) is 2.78. The van der Waals surface area contributed by atoms with Gasteiger partial charge < -0.3 is 9.30 Å². The third-order valence-corrected chi connectivity index (χ3v) is 3.88. The molecular formula is C14H23N3O2. The molecule has 0 saturated heterocycles. The highest BCUT2D eigenvalue weighted by atomic mass is 16.5. The van der Waals surface area contributed by atoms with Crippen LogP contribution in [0.4, 0.5) is 0 Å². The minimum atomic E-state index is -0.369. The van der Waals surface area contributed by atoms with E-state index < -0.39 is 0 Å². The summed E-state index contributed by atoms with van der Waals surface area (Å²) in [7, 11) is 0. The summed E-state index contributed by atoms with van der Waals surface area (Å²) in [5.41, 5.74) is 0. The molecule has 0 spiro atoms. The Hall–Kier alpha value is -1.39. The second kappa shape index (κ2) is 6.68. The van der Waals surface area contributed by atoms with Crippen molar-refractivity contribution in [3.63, 3.8) is 0 Å². The molecule has 1 heterocycles. The lowest BCUT2D eigenvalue weighted by molar-refractivity contribution is 0.0504. The summed E-state index contributed by atoms with van der Waals surface area (Å²) >= 11 is 0. The molecule has 0 N–H and O–H groups in total. The average Bonchev–Trinajstić information content (AvgIpc) is 2.79. The monoisotopic (exact) mass is 265 g/mol. The first-order valence-corrected chi connectivity index (χ1v) is 7.29. The molecule has 0 atom stereocenters. The zero-order valence-electron chi connectivity index (χ0n) is 11.9. The molecule has 0 aromatic carbocycles. The van der Waals surface area contributed by atoms with E-state index in [1.165, 1.54) is 32.1 Å². The van der Waals surface area contributed by atoms with Crippen molar-refractivity contribution in [2.24, 2.45) is 5.92 Å². The molecule has 0 unspecified atom stereocenters. The van der Waals surface area contributed by atoms with Crippen molar-refractivity contribution in [2.75, 3.05) is 6.61 Å². The van der Waals surface area contributed by atoms with Crippen LogP contribution in [-0.4, -0.2) is 27.3 Å². The fourth-order valence-electron chi connectivity index (χ4n) is 2.78. The first-order chi connectivity index (χ1) is 9.22. The van der Waals surface area contributed by atoms with E-state index in [9.17, 15) is 4.79 Å². The standard InChI is InChI=1S/C14H23N3O2/c1-3-19-14(18)13-16-15-11(2)17(13)10-9-12-7-5-4-6-8-12/h12H,3-10H2,1-2H3.